The van der Waals surface area contributed by atoms with Crippen LogP contribution in [0, 0.1) is 0 Å². The molecule has 1 atom stereocenters. The average Bonchev–Trinajstić information content (AvgIpc) is 2.93. The van der Waals surface area contributed by atoms with Gasteiger partial charge in [-0.3, -0.25) is 9.59 Å². The molecule has 1 amide bonds. The first-order valence-corrected chi connectivity index (χ1v) is 9.17. The van der Waals surface area contributed by atoms with Crippen LogP contribution in [0.1, 0.15) is 43.4 Å². The minimum atomic E-state index is -0.714. The van der Waals surface area contributed by atoms with Crippen molar-refractivity contribution in [3.8, 4) is 5.75 Å². The summed E-state index contributed by atoms with van der Waals surface area (Å²) in [5, 5.41) is 20.7. The highest BCUT2D eigenvalue weighted by molar-refractivity contribution is 6.46. The minimum Gasteiger partial charge on any atom is -0.508 e. The number of rotatable bonds is 6. The van der Waals surface area contributed by atoms with Crippen molar-refractivity contribution in [1.82, 2.24) is 4.90 Å². The number of carbonyl (C=O) groups excluding carboxylic acids is 2. The predicted molar refractivity (Wildman–Crippen MR) is 103 cm³/mol. The van der Waals surface area contributed by atoms with Gasteiger partial charge in [-0.15, -0.1) is 0 Å². The topological polar surface area (TPSA) is 77.8 Å². The van der Waals surface area contributed by atoms with Gasteiger partial charge in [-0.05, 0) is 24.1 Å². The number of hydrogen-bond donors (Lipinski definition) is 2. The minimum absolute atomic E-state index is 0.0476. The van der Waals surface area contributed by atoms with Crippen LogP contribution in [0.15, 0.2) is 60.2 Å². The van der Waals surface area contributed by atoms with E-state index >= 15 is 0 Å². The number of likely N-dealkylation sites (tertiary alicyclic amines) is 1. The lowest BCUT2D eigenvalue weighted by Gasteiger charge is -2.25. The van der Waals surface area contributed by atoms with Crippen molar-refractivity contribution in [1.29, 1.82) is 0 Å². The Morgan fingerprint density at radius 2 is 1.78 bits per heavy atom. The van der Waals surface area contributed by atoms with E-state index in [0.29, 0.717) is 17.7 Å². The Morgan fingerprint density at radius 3 is 2.44 bits per heavy atom. The summed E-state index contributed by atoms with van der Waals surface area (Å²) in [5.41, 5.74) is 1.14. The molecule has 5 heteroatoms. The van der Waals surface area contributed by atoms with Crippen LogP contribution in [0.25, 0.3) is 5.76 Å². The van der Waals surface area contributed by atoms with E-state index in [4.69, 9.17) is 0 Å². The van der Waals surface area contributed by atoms with Crippen molar-refractivity contribution in [3.63, 3.8) is 0 Å². The van der Waals surface area contributed by atoms with Crippen LogP contribution in [0.5, 0.6) is 5.75 Å². The van der Waals surface area contributed by atoms with Gasteiger partial charge in [0.15, 0.2) is 0 Å². The molecule has 1 aliphatic rings. The van der Waals surface area contributed by atoms with Gasteiger partial charge < -0.3 is 15.1 Å². The largest absolute Gasteiger partial charge is 0.508 e. The van der Waals surface area contributed by atoms with Crippen LogP contribution in [-0.4, -0.2) is 33.3 Å². The molecule has 27 heavy (non-hydrogen) atoms. The fourth-order valence-corrected chi connectivity index (χ4v) is 3.44. The van der Waals surface area contributed by atoms with Crippen LogP contribution >= 0.6 is 0 Å². The number of benzene rings is 2. The van der Waals surface area contributed by atoms with Gasteiger partial charge in [-0.1, -0.05) is 62.2 Å². The second-order valence-electron chi connectivity index (χ2n) is 6.66. The molecule has 5 nitrogen and oxygen atoms in total. The lowest BCUT2D eigenvalue weighted by atomic mass is 9.95. The third-order valence-electron chi connectivity index (χ3n) is 4.78. The number of unbranched alkanes of at least 4 members (excludes halogenated alkanes) is 2. The van der Waals surface area contributed by atoms with E-state index in [-0.39, 0.29) is 17.1 Å². The maximum Gasteiger partial charge on any atom is 0.295 e. The molecular weight excluding hydrogens is 342 g/mol. The second kappa shape index (κ2) is 8.08. The number of ketones is 1. The molecule has 0 spiro atoms. The average molecular weight is 365 g/mol. The number of nitrogens with zero attached hydrogens (tertiary/aromatic N) is 1. The molecule has 1 aliphatic heterocycles. The van der Waals surface area contributed by atoms with E-state index in [1.807, 2.05) is 6.07 Å². The van der Waals surface area contributed by atoms with E-state index in [1.54, 1.807) is 36.4 Å². The smallest absolute Gasteiger partial charge is 0.295 e. The molecule has 1 fully saturated rings. The summed E-state index contributed by atoms with van der Waals surface area (Å²) < 4.78 is 0. The van der Waals surface area contributed by atoms with Crippen LogP contribution in [0.3, 0.4) is 0 Å². The summed E-state index contributed by atoms with van der Waals surface area (Å²) in [7, 11) is 0. The van der Waals surface area contributed by atoms with E-state index in [0.717, 1.165) is 19.3 Å². The van der Waals surface area contributed by atoms with Crippen molar-refractivity contribution in [2.24, 2.45) is 0 Å². The van der Waals surface area contributed by atoms with E-state index in [2.05, 4.69) is 6.92 Å². The Kier molecular flexibility index (Phi) is 5.60. The number of Topliss-reactive ketones (excluding diaryl/α,β-unsaturated/α-hetero) is 1. The molecule has 2 N–H and O–H groups in total. The van der Waals surface area contributed by atoms with Crippen molar-refractivity contribution in [3.05, 3.63) is 71.3 Å². The van der Waals surface area contributed by atoms with E-state index in [9.17, 15) is 19.8 Å². The van der Waals surface area contributed by atoms with Crippen molar-refractivity contribution < 1.29 is 19.8 Å². The molecule has 0 bridgehead atoms. The summed E-state index contributed by atoms with van der Waals surface area (Å²) >= 11 is 0. The zero-order chi connectivity index (χ0) is 19.4. The monoisotopic (exact) mass is 365 g/mol. The third kappa shape index (κ3) is 3.72. The zero-order valence-corrected chi connectivity index (χ0v) is 15.3. The number of carbonyl (C=O) groups is 2. The molecular formula is C22H23NO4. The summed E-state index contributed by atoms with van der Waals surface area (Å²) in [4.78, 5) is 26.9. The predicted octanol–water partition coefficient (Wildman–Crippen LogP) is 4.00. The molecule has 3 rings (SSSR count). The Hall–Kier alpha value is -3.08. The Balaban J connectivity index is 2.12. The van der Waals surface area contributed by atoms with Crippen molar-refractivity contribution in [2.45, 2.75) is 32.2 Å². The number of phenols is 1. The number of aromatic hydroxyl groups is 1. The number of aliphatic hydroxyl groups is 1. The SMILES string of the molecule is CCCCCN1C(=O)C(=O)/C(=C(\O)c2ccccc2)C1c1cccc(O)c1. The van der Waals surface area contributed by atoms with Crippen molar-refractivity contribution in [2.75, 3.05) is 6.54 Å². The lowest BCUT2D eigenvalue weighted by Crippen LogP contribution is -2.30. The highest BCUT2D eigenvalue weighted by Gasteiger charge is 2.45. The standard InChI is InChI=1S/C22H23NO4/c1-2-3-7-13-23-19(16-11-8-12-17(24)14-16)18(21(26)22(23)27)20(25)15-9-5-4-6-10-15/h4-6,8-12,14,19,24-25H,2-3,7,13H2,1H3/b20-18-. The fourth-order valence-electron chi connectivity index (χ4n) is 3.44. The van der Waals surface area contributed by atoms with Gasteiger partial charge >= 0.3 is 0 Å². The maximum atomic E-state index is 12.8. The van der Waals surface area contributed by atoms with Gasteiger partial charge in [-0.25, -0.2) is 0 Å². The molecule has 2 aromatic carbocycles. The molecule has 0 aromatic heterocycles. The third-order valence-corrected chi connectivity index (χ3v) is 4.78. The normalized spacial score (nSPS) is 18.9. The van der Waals surface area contributed by atoms with E-state index in [1.165, 1.54) is 17.0 Å². The zero-order valence-electron chi connectivity index (χ0n) is 15.3. The second-order valence-corrected chi connectivity index (χ2v) is 6.66. The molecule has 0 aliphatic carbocycles. The van der Waals surface area contributed by atoms with Gasteiger partial charge in [0.05, 0.1) is 11.6 Å². The molecule has 1 heterocycles. The summed E-state index contributed by atoms with van der Waals surface area (Å²) in [5.74, 6) is -1.45. The lowest BCUT2D eigenvalue weighted by molar-refractivity contribution is -0.139. The van der Waals surface area contributed by atoms with Gasteiger partial charge in [0.1, 0.15) is 11.5 Å². The number of phenolic OH excluding ortho intramolecular Hbond substituents is 1. The molecule has 140 valence electrons. The number of hydrogen-bond acceptors (Lipinski definition) is 4. The first kappa shape index (κ1) is 18.7. The van der Waals surface area contributed by atoms with E-state index < -0.39 is 17.7 Å². The number of aliphatic hydroxyl groups excluding tert-OH is 1. The van der Waals surface area contributed by atoms with Crippen molar-refractivity contribution >= 4 is 17.4 Å². The van der Waals surface area contributed by atoms with Crippen LogP contribution < -0.4 is 0 Å². The molecule has 0 radical (unpaired) electrons. The fraction of sp³-hybridized carbons (Fsp3) is 0.273. The maximum absolute atomic E-state index is 12.8. The Bertz CT molecular complexity index is 873. The van der Waals surface area contributed by atoms with Gasteiger partial charge in [-0.2, -0.15) is 0 Å². The van der Waals surface area contributed by atoms with Gasteiger partial charge in [0.25, 0.3) is 11.7 Å². The van der Waals surface area contributed by atoms with Crippen LogP contribution in [0.4, 0.5) is 0 Å². The summed E-state index contributed by atoms with van der Waals surface area (Å²) in [6, 6.07) is 14.5. The first-order valence-electron chi connectivity index (χ1n) is 9.17. The summed E-state index contributed by atoms with van der Waals surface area (Å²) in [6.07, 6.45) is 2.70. The molecule has 0 saturated carbocycles. The quantitative estimate of drug-likeness (QED) is 0.351. The van der Waals surface area contributed by atoms with Gasteiger partial charge in [0.2, 0.25) is 0 Å². The Morgan fingerprint density at radius 1 is 1.04 bits per heavy atom. The Labute approximate surface area is 158 Å². The van der Waals surface area contributed by atoms with Crippen LogP contribution in [0.2, 0.25) is 0 Å². The van der Waals surface area contributed by atoms with Gasteiger partial charge in [0, 0.05) is 12.1 Å². The first-order chi connectivity index (χ1) is 13.0. The highest BCUT2D eigenvalue weighted by Crippen LogP contribution is 2.40. The molecule has 1 unspecified atom stereocenters. The summed E-state index contributed by atoms with van der Waals surface area (Å²) in [6.45, 7) is 2.49. The highest BCUT2D eigenvalue weighted by atomic mass is 16.3. The van der Waals surface area contributed by atoms with Crippen LogP contribution in [-0.2, 0) is 9.59 Å². The molecule has 1 saturated heterocycles. The molecule has 2 aromatic rings. The number of amides is 1.